The lowest BCUT2D eigenvalue weighted by atomic mass is 9.78. The third-order valence-electron chi connectivity index (χ3n) is 5.06. The maximum Gasteiger partial charge on any atom is 0.220 e. The molecule has 0 unspecified atom stereocenters. The lowest BCUT2D eigenvalue weighted by Gasteiger charge is -2.26. The Balaban J connectivity index is 1.60. The predicted molar refractivity (Wildman–Crippen MR) is 90.5 cm³/mol. The minimum absolute atomic E-state index is 0.0546. The highest BCUT2D eigenvalue weighted by Crippen LogP contribution is 2.44. The van der Waals surface area contributed by atoms with Gasteiger partial charge in [0, 0.05) is 56.7 Å². The first-order chi connectivity index (χ1) is 11.6. The second kappa shape index (κ2) is 7.59. The van der Waals surface area contributed by atoms with Crippen LogP contribution in [0.3, 0.4) is 0 Å². The second-order valence-electron chi connectivity index (χ2n) is 7.03. The molecule has 2 aliphatic rings. The fraction of sp³-hybridized carbons (Fsp3) is 0.667. The van der Waals surface area contributed by atoms with Crippen molar-refractivity contribution < 1.29 is 14.3 Å². The van der Waals surface area contributed by atoms with E-state index in [0.29, 0.717) is 32.1 Å². The van der Waals surface area contributed by atoms with Gasteiger partial charge in [-0.3, -0.25) is 14.7 Å². The summed E-state index contributed by atoms with van der Waals surface area (Å²) in [7, 11) is 1.64. The number of carbonyl (C=O) groups is 1. The molecule has 24 heavy (non-hydrogen) atoms. The molecular weight excluding hydrogens is 306 g/mol. The number of pyridine rings is 1. The molecule has 132 valence electrons. The molecule has 0 saturated carbocycles. The summed E-state index contributed by atoms with van der Waals surface area (Å²) in [5.74, 6) is 0.522. The molecule has 3 heterocycles. The summed E-state index contributed by atoms with van der Waals surface area (Å²) in [4.78, 5) is 19.3. The maximum atomic E-state index is 12.3. The lowest BCUT2D eigenvalue weighted by Crippen LogP contribution is -2.38. The molecule has 6 nitrogen and oxygen atoms in total. The molecule has 1 aromatic rings. The fourth-order valence-corrected chi connectivity index (χ4v) is 3.90. The van der Waals surface area contributed by atoms with Crippen molar-refractivity contribution in [1.82, 2.24) is 15.2 Å². The van der Waals surface area contributed by atoms with Crippen LogP contribution < -0.4 is 5.32 Å². The summed E-state index contributed by atoms with van der Waals surface area (Å²) >= 11 is 0. The van der Waals surface area contributed by atoms with Gasteiger partial charge in [0.15, 0.2) is 0 Å². The zero-order chi connectivity index (χ0) is 17.0. The van der Waals surface area contributed by atoms with Gasteiger partial charge in [0.25, 0.3) is 0 Å². The molecule has 2 fully saturated rings. The Hall–Kier alpha value is -1.50. The number of methoxy groups -OCH3 is 1. The summed E-state index contributed by atoms with van der Waals surface area (Å²) in [5, 5.41) is 2.94. The van der Waals surface area contributed by atoms with Gasteiger partial charge in [-0.05, 0) is 19.1 Å². The van der Waals surface area contributed by atoms with E-state index in [-0.39, 0.29) is 11.3 Å². The van der Waals surface area contributed by atoms with Crippen LogP contribution in [0.4, 0.5) is 0 Å². The predicted octanol–water partition coefficient (Wildman–Crippen LogP) is 0.991. The van der Waals surface area contributed by atoms with Crippen LogP contribution in [0.1, 0.15) is 17.8 Å². The largest absolute Gasteiger partial charge is 0.383 e. The summed E-state index contributed by atoms with van der Waals surface area (Å²) in [6, 6.07) is 6.14. The number of hydrogen-bond acceptors (Lipinski definition) is 5. The van der Waals surface area contributed by atoms with E-state index in [0.717, 1.165) is 37.6 Å². The van der Waals surface area contributed by atoms with Crippen LogP contribution in [-0.2, 0) is 20.8 Å². The number of nitrogens with zero attached hydrogens (tertiary/aromatic N) is 2. The van der Waals surface area contributed by atoms with Crippen molar-refractivity contribution in [1.29, 1.82) is 0 Å². The molecule has 0 spiro atoms. The van der Waals surface area contributed by atoms with Gasteiger partial charge in [0.05, 0.1) is 25.5 Å². The van der Waals surface area contributed by atoms with E-state index in [4.69, 9.17) is 9.47 Å². The smallest absolute Gasteiger partial charge is 0.220 e. The maximum absolute atomic E-state index is 12.3. The molecule has 0 aromatic carbocycles. The Bertz CT molecular complexity index is 580. The van der Waals surface area contributed by atoms with Crippen LogP contribution in [0, 0.1) is 18.3 Å². The van der Waals surface area contributed by atoms with Crippen LogP contribution in [0.15, 0.2) is 18.2 Å². The van der Waals surface area contributed by atoms with Gasteiger partial charge in [0.1, 0.15) is 0 Å². The minimum atomic E-state index is -0.0546. The van der Waals surface area contributed by atoms with E-state index in [1.54, 1.807) is 7.11 Å². The first kappa shape index (κ1) is 17.3. The molecule has 2 aliphatic heterocycles. The van der Waals surface area contributed by atoms with Crippen molar-refractivity contribution in [3.05, 3.63) is 29.6 Å². The number of aromatic nitrogens is 1. The van der Waals surface area contributed by atoms with E-state index < -0.39 is 0 Å². The van der Waals surface area contributed by atoms with Crippen LogP contribution in [0.25, 0.3) is 0 Å². The molecule has 1 N–H and O–H groups in total. The number of amides is 1. The van der Waals surface area contributed by atoms with Crippen molar-refractivity contribution in [2.24, 2.45) is 11.3 Å². The van der Waals surface area contributed by atoms with Crippen molar-refractivity contribution in [3.63, 3.8) is 0 Å². The summed E-state index contributed by atoms with van der Waals surface area (Å²) < 4.78 is 10.7. The average molecular weight is 333 g/mol. The number of hydrogen-bond donors (Lipinski definition) is 1. The Morgan fingerprint density at radius 3 is 3.21 bits per heavy atom. The SMILES string of the molecule is COCCNC(=O)C[C@]12COC[C@H]1CN(Cc1cccc(C)n1)C2. The van der Waals surface area contributed by atoms with Gasteiger partial charge in [-0.15, -0.1) is 0 Å². The molecule has 0 radical (unpaired) electrons. The third-order valence-corrected chi connectivity index (χ3v) is 5.06. The number of fused-ring (bicyclic) bond motifs is 1. The lowest BCUT2D eigenvalue weighted by molar-refractivity contribution is -0.123. The number of aryl methyl sites for hydroxylation is 1. The van der Waals surface area contributed by atoms with Gasteiger partial charge in [-0.1, -0.05) is 6.07 Å². The Kier molecular flexibility index (Phi) is 5.48. The topological polar surface area (TPSA) is 63.7 Å². The van der Waals surface area contributed by atoms with Crippen LogP contribution in [-0.4, -0.2) is 62.4 Å². The second-order valence-corrected chi connectivity index (χ2v) is 7.03. The summed E-state index contributed by atoms with van der Waals surface area (Å²) in [6.45, 7) is 7.26. The van der Waals surface area contributed by atoms with Crippen molar-refractivity contribution >= 4 is 5.91 Å². The number of likely N-dealkylation sites (tertiary alicyclic amines) is 1. The van der Waals surface area contributed by atoms with Gasteiger partial charge < -0.3 is 14.8 Å². The fourth-order valence-electron chi connectivity index (χ4n) is 3.90. The summed E-state index contributed by atoms with van der Waals surface area (Å²) in [6.07, 6.45) is 0.527. The molecule has 6 heteroatoms. The molecule has 0 bridgehead atoms. The molecule has 1 aromatic heterocycles. The van der Waals surface area contributed by atoms with Crippen LogP contribution in [0.5, 0.6) is 0 Å². The van der Waals surface area contributed by atoms with Gasteiger partial charge >= 0.3 is 0 Å². The van der Waals surface area contributed by atoms with E-state index in [2.05, 4.69) is 27.3 Å². The Morgan fingerprint density at radius 1 is 1.54 bits per heavy atom. The van der Waals surface area contributed by atoms with Gasteiger partial charge in [-0.25, -0.2) is 0 Å². The minimum Gasteiger partial charge on any atom is -0.383 e. The highest BCUT2D eigenvalue weighted by Gasteiger charge is 2.51. The molecular formula is C18H27N3O3. The van der Waals surface area contributed by atoms with E-state index >= 15 is 0 Å². The average Bonchev–Trinajstić information content (AvgIpc) is 3.03. The van der Waals surface area contributed by atoms with E-state index in [9.17, 15) is 4.79 Å². The first-order valence-electron chi connectivity index (χ1n) is 8.59. The quantitative estimate of drug-likeness (QED) is 0.754. The molecule has 2 saturated heterocycles. The highest BCUT2D eigenvalue weighted by atomic mass is 16.5. The van der Waals surface area contributed by atoms with Crippen molar-refractivity contribution in [3.8, 4) is 0 Å². The van der Waals surface area contributed by atoms with Gasteiger partial charge in [0.2, 0.25) is 5.91 Å². The number of rotatable bonds is 7. The number of nitrogens with one attached hydrogen (secondary N) is 1. The monoisotopic (exact) mass is 333 g/mol. The van der Waals surface area contributed by atoms with Crippen molar-refractivity contribution in [2.75, 3.05) is 46.6 Å². The first-order valence-corrected chi connectivity index (χ1v) is 8.59. The van der Waals surface area contributed by atoms with Gasteiger partial charge in [-0.2, -0.15) is 0 Å². The van der Waals surface area contributed by atoms with E-state index in [1.807, 2.05) is 13.0 Å². The van der Waals surface area contributed by atoms with E-state index in [1.165, 1.54) is 0 Å². The van der Waals surface area contributed by atoms with Crippen molar-refractivity contribution in [2.45, 2.75) is 19.9 Å². The molecule has 1 amide bonds. The molecule has 2 atom stereocenters. The zero-order valence-electron chi connectivity index (χ0n) is 14.6. The standard InChI is InChI=1S/C18H27N3O3/c1-14-4-3-5-16(20-14)10-21-9-15-11-24-13-18(15,12-21)8-17(22)19-6-7-23-2/h3-5,15H,6-13H2,1-2H3,(H,19,22)/t15-,18+/m1/s1. The highest BCUT2D eigenvalue weighted by molar-refractivity contribution is 5.76. The van der Waals surface area contributed by atoms with Crippen LogP contribution in [0.2, 0.25) is 0 Å². The van der Waals surface area contributed by atoms with Crippen LogP contribution >= 0.6 is 0 Å². The Morgan fingerprint density at radius 2 is 2.42 bits per heavy atom. The molecule has 0 aliphatic carbocycles. The third kappa shape index (κ3) is 3.94. The zero-order valence-corrected chi connectivity index (χ0v) is 14.6. The Labute approximate surface area is 143 Å². The summed E-state index contributed by atoms with van der Waals surface area (Å²) in [5.41, 5.74) is 2.08. The normalized spacial score (nSPS) is 26.5. The number of ether oxygens (including phenoxy) is 2. The number of carbonyl (C=O) groups excluding carboxylic acids is 1. The molecule has 3 rings (SSSR count).